The summed E-state index contributed by atoms with van der Waals surface area (Å²) in [6, 6.07) is 16.4. The first kappa shape index (κ1) is 21.6. The van der Waals surface area contributed by atoms with Gasteiger partial charge in [0.2, 0.25) is 0 Å². The Hall–Kier alpha value is -2.08. The Kier molecular flexibility index (Phi) is 6.83. The van der Waals surface area contributed by atoms with Crippen LogP contribution in [0.2, 0.25) is 0 Å². The molecule has 0 saturated carbocycles. The highest BCUT2D eigenvalue weighted by Gasteiger charge is 2.33. The summed E-state index contributed by atoms with van der Waals surface area (Å²) in [5.41, 5.74) is 2.27. The lowest BCUT2D eigenvalue weighted by Crippen LogP contribution is -2.25. The zero-order valence-corrected chi connectivity index (χ0v) is 17.8. The molecule has 1 aliphatic rings. The standard InChI is InChI=1S/C24H32O5/c1-23(2,18-6-10-20(11-7-18)26-15-5-14-25)19-8-12-21(13-9-19)27-16-22-17-28-24(3,4)29-22/h6-13,22,25H,5,14-17H2,1-4H3/t22-/m0/s1. The van der Waals surface area contributed by atoms with Gasteiger partial charge in [-0.3, -0.25) is 0 Å². The molecule has 2 aromatic carbocycles. The molecular weight excluding hydrogens is 368 g/mol. The van der Waals surface area contributed by atoms with E-state index < -0.39 is 5.79 Å². The van der Waals surface area contributed by atoms with Crippen LogP contribution in [0.3, 0.4) is 0 Å². The lowest BCUT2D eigenvalue weighted by molar-refractivity contribution is -0.141. The number of aliphatic hydroxyl groups excluding tert-OH is 1. The summed E-state index contributed by atoms with van der Waals surface area (Å²) in [6.45, 7) is 9.93. The molecule has 0 amide bonds. The third-order valence-corrected chi connectivity index (χ3v) is 5.23. The molecule has 0 aromatic heterocycles. The Morgan fingerprint density at radius 3 is 2.00 bits per heavy atom. The summed E-state index contributed by atoms with van der Waals surface area (Å²) >= 11 is 0. The van der Waals surface area contributed by atoms with Crippen LogP contribution in [0.5, 0.6) is 11.5 Å². The Morgan fingerprint density at radius 1 is 0.966 bits per heavy atom. The van der Waals surface area contributed by atoms with Crippen molar-refractivity contribution in [1.82, 2.24) is 0 Å². The van der Waals surface area contributed by atoms with Gasteiger partial charge in [-0.25, -0.2) is 0 Å². The smallest absolute Gasteiger partial charge is 0.163 e. The van der Waals surface area contributed by atoms with Crippen LogP contribution in [0.1, 0.15) is 45.2 Å². The van der Waals surface area contributed by atoms with Gasteiger partial charge in [-0.1, -0.05) is 38.1 Å². The van der Waals surface area contributed by atoms with E-state index in [0.29, 0.717) is 26.2 Å². The molecule has 0 spiro atoms. The van der Waals surface area contributed by atoms with Crippen LogP contribution < -0.4 is 9.47 Å². The van der Waals surface area contributed by atoms with Crippen LogP contribution >= 0.6 is 0 Å². The maximum absolute atomic E-state index is 8.85. The summed E-state index contributed by atoms with van der Waals surface area (Å²) in [6.07, 6.45) is 0.596. The van der Waals surface area contributed by atoms with Crippen molar-refractivity contribution in [1.29, 1.82) is 0 Å². The molecule has 0 aliphatic carbocycles. The molecule has 2 aromatic rings. The molecule has 1 heterocycles. The van der Waals surface area contributed by atoms with E-state index in [2.05, 4.69) is 38.1 Å². The molecule has 1 aliphatic heterocycles. The molecule has 1 saturated heterocycles. The fourth-order valence-corrected chi connectivity index (χ4v) is 3.39. The Bertz CT molecular complexity index is 765. The number of benzene rings is 2. The minimum atomic E-state index is -0.526. The number of aliphatic hydroxyl groups is 1. The molecule has 3 rings (SSSR count). The van der Waals surface area contributed by atoms with Gasteiger partial charge in [0.25, 0.3) is 0 Å². The predicted molar refractivity (Wildman–Crippen MR) is 113 cm³/mol. The van der Waals surface area contributed by atoms with E-state index in [9.17, 15) is 0 Å². The summed E-state index contributed by atoms with van der Waals surface area (Å²) in [5.74, 6) is 1.12. The van der Waals surface area contributed by atoms with Gasteiger partial charge in [0, 0.05) is 18.4 Å². The van der Waals surface area contributed by atoms with E-state index >= 15 is 0 Å². The molecule has 1 atom stereocenters. The summed E-state index contributed by atoms with van der Waals surface area (Å²) in [7, 11) is 0. The Labute approximate surface area is 173 Å². The Balaban J connectivity index is 1.59. The van der Waals surface area contributed by atoms with E-state index in [-0.39, 0.29) is 18.1 Å². The van der Waals surface area contributed by atoms with Crippen molar-refractivity contribution in [3.8, 4) is 11.5 Å². The fourth-order valence-electron chi connectivity index (χ4n) is 3.39. The second-order valence-corrected chi connectivity index (χ2v) is 8.36. The van der Waals surface area contributed by atoms with Crippen molar-refractivity contribution in [2.24, 2.45) is 0 Å². The second-order valence-electron chi connectivity index (χ2n) is 8.36. The van der Waals surface area contributed by atoms with Crippen molar-refractivity contribution in [2.45, 2.75) is 51.4 Å². The van der Waals surface area contributed by atoms with Crippen LogP contribution in [-0.2, 0) is 14.9 Å². The molecule has 5 nitrogen and oxygen atoms in total. The van der Waals surface area contributed by atoms with Crippen LogP contribution in [0.15, 0.2) is 48.5 Å². The number of rotatable bonds is 9. The highest BCUT2D eigenvalue weighted by Crippen LogP contribution is 2.33. The molecule has 5 heteroatoms. The van der Waals surface area contributed by atoms with Gasteiger partial charge >= 0.3 is 0 Å². The average Bonchev–Trinajstić information content (AvgIpc) is 3.06. The third kappa shape index (κ3) is 5.72. The van der Waals surface area contributed by atoms with Gasteiger partial charge in [0.1, 0.15) is 24.2 Å². The van der Waals surface area contributed by atoms with E-state index in [1.807, 2.05) is 38.1 Å². The second kappa shape index (κ2) is 9.16. The molecular formula is C24H32O5. The summed E-state index contributed by atoms with van der Waals surface area (Å²) < 4.78 is 22.8. The zero-order valence-electron chi connectivity index (χ0n) is 17.8. The first-order valence-corrected chi connectivity index (χ1v) is 10.2. The quantitative estimate of drug-likeness (QED) is 0.636. The molecule has 1 N–H and O–H groups in total. The van der Waals surface area contributed by atoms with Gasteiger partial charge in [-0.2, -0.15) is 0 Å². The van der Waals surface area contributed by atoms with Crippen molar-refractivity contribution >= 4 is 0 Å². The SMILES string of the molecule is CC1(C)OC[C@H](COc2ccc(C(C)(C)c3ccc(OCCCO)cc3)cc2)O1. The minimum Gasteiger partial charge on any atom is -0.494 e. The molecule has 158 valence electrons. The third-order valence-electron chi connectivity index (χ3n) is 5.23. The highest BCUT2D eigenvalue weighted by molar-refractivity contribution is 5.41. The maximum atomic E-state index is 8.85. The van der Waals surface area contributed by atoms with Gasteiger partial charge in [-0.15, -0.1) is 0 Å². The van der Waals surface area contributed by atoms with E-state index in [1.54, 1.807) is 0 Å². The van der Waals surface area contributed by atoms with Crippen LogP contribution in [-0.4, -0.2) is 43.4 Å². The van der Waals surface area contributed by atoms with Crippen LogP contribution in [0.4, 0.5) is 0 Å². The lowest BCUT2D eigenvalue weighted by Gasteiger charge is -2.26. The highest BCUT2D eigenvalue weighted by atomic mass is 16.7. The number of hydrogen-bond donors (Lipinski definition) is 1. The number of hydrogen-bond acceptors (Lipinski definition) is 5. The largest absolute Gasteiger partial charge is 0.494 e. The lowest BCUT2D eigenvalue weighted by atomic mass is 9.78. The maximum Gasteiger partial charge on any atom is 0.163 e. The normalized spacial score (nSPS) is 18.6. The van der Waals surface area contributed by atoms with Crippen molar-refractivity contribution < 1.29 is 24.1 Å². The van der Waals surface area contributed by atoms with Gasteiger partial charge < -0.3 is 24.1 Å². The topological polar surface area (TPSA) is 57.2 Å². The predicted octanol–water partition coefficient (Wildman–Crippen LogP) is 4.30. The van der Waals surface area contributed by atoms with Crippen LogP contribution in [0.25, 0.3) is 0 Å². The minimum absolute atomic E-state index is 0.0424. The van der Waals surface area contributed by atoms with Crippen molar-refractivity contribution in [2.75, 3.05) is 26.4 Å². The first-order valence-electron chi connectivity index (χ1n) is 10.2. The molecule has 29 heavy (non-hydrogen) atoms. The van der Waals surface area contributed by atoms with Crippen molar-refractivity contribution in [3.05, 3.63) is 59.7 Å². The van der Waals surface area contributed by atoms with E-state index in [0.717, 1.165) is 11.5 Å². The molecule has 0 bridgehead atoms. The van der Waals surface area contributed by atoms with Gasteiger partial charge in [-0.05, 0) is 49.2 Å². The Morgan fingerprint density at radius 2 is 1.52 bits per heavy atom. The van der Waals surface area contributed by atoms with E-state index in [4.69, 9.17) is 24.1 Å². The molecule has 0 unspecified atom stereocenters. The number of ether oxygens (including phenoxy) is 4. The zero-order chi connectivity index (χ0) is 20.9. The average molecular weight is 401 g/mol. The molecule has 1 fully saturated rings. The summed E-state index contributed by atoms with van der Waals surface area (Å²) in [4.78, 5) is 0. The van der Waals surface area contributed by atoms with Gasteiger partial charge in [0.15, 0.2) is 5.79 Å². The fraction of sp³-hybridized carbons (Fsp3) is 0.500. The monoisotopic (exact) mass is 400 g/mol. The van der Waals surface area contributed by atoms with Crippen LogP contribution in [0, 0.1) is 0 Å². The summed E-state index contributed by atoms with van der Waals surface area (Å²) in [5, 5.41) is 8.85. The molecule has 0 radical (unpaired) electrons. The van der Waals surface area contributed by atoms with E-state index in [1.165, 1.54) is 11.1 Å². The first-order chi connectivity index (χ1) is 13.8. The van der Waals surface area contributed by atoms with Gasteiger partial charge in [0.05, 0.1) is 13.2 Å². The van der Waals surface area contributed by atoms with Crippen molar-refractivity contribution in [3.63, 3.8) is 0 Å².